The van der Waals surface area contributed by atoms with Crippen LogP contribution in [0.2, 0.25) is 0 Å². The maximum Gasteiger partial charge on any atom is 0.271 e. The van der Waals surface area contributed by atoms with E-state index in [2.05, 4.69) is 22.5 Å². The molecule has 0 spiro atoms. The van der Waals surface area contributed by atoms with E-state index in [9.17, 15) is 4.79 Å². The third kappa shape index (κ3) is 4.23. The molecule has 2 aliphatic rings. The number of carbonyl (C=O) groups is 1. The number of ether oxygens (including phenoxy) is 2. The number of nitrogens with zero attached hydrogens (tertiary/aromatic N) is 1. The summed E-state index contributed by atoms with van der Waals surface area (Å²) in [6, 6.07) is 5.91. The van der Waals surface area contributed by atoms with Crippen molar-refractivity contribution in [2.75, 3.05) is 19.9 Å². The molecule has 3 heterocycles. The average molecular weight is 418 g/mol. The minimum Gasteiger partial charge on any atom is -0.454 e. The molecule has 1 aromatic carbocycles. The molecule has 1 fully saturated rings. The lowest BCUT2D eigenvalue weighted by Crippen LogP contribution is -2.48. The van der Waals surface area contributed by atoms with Crippen LogP contribution < -0.4 is 20.1 Å². The Morgan fingerprint density at radius 1 is 1.31 bits per heavy atom. The second-order valence-corrected chi connectivity index (χ2v) is 7.01. The Morgan fingerprint density at radius 2 is 2.12 bits per heavy atom. The molecule has 0 radical (unpaired) electrons. The van der Waals surface area contributed by atoms with E-state index in [-0.39, 0.29) is 43.6 Å². The summed E-state index contributed by atoms with van der Waals surface area (Å²) in [5, 5.41) is 9.06. The summed E-state index contributed by atoms with van der Waals surface area (Å²) in [4.78, 5) is 16.9. The molecule has 6 nitrogen and oxygen atoms in total. The van der Waals surface area contributed by atoms with Crippen LogP contribution in [0, 0.1) is 5.92 Å². The van der Waals surface area contributed by atoms with Crippen molar-refractivity contribution in [2.24, 2.45) is 5.92 Å². The monoisotopic (exact) mass is 417 g/mol. The van der Waals surface area contributed by atoms with E-state index < -0.39 is 0 Å². The minimum atomic E-state index is -0.100. The fourth-order valence-electron chi connectivity index (χ4n) is 3.01. The van der Waals surface area contributed by atoms with Crippen LogP contribution in [0.5, 0.6) is 11.5 Å². The third-order valence-corrected chi connectivity index (χ3v) is 5.35. The van der Waals surface area contributed by atoms with Gasteiger partial charge in [0, 0.05) is 17.0 Å². The average Bonchev–Trinajstić information content (AvgIpc) is 3.25. The molecule has 4 rings (SSSR count). The minimum absolute atomic E-state index is 0. The van der Waals surface area contributed by atoms with Gasteiger partial charge in [-0.1, -0.05) is 6.92 Å². The highest BCUT2D eigenvalue weighted by atomic mass is 35.5. The topological polar surface area (TPSA) is 72.5 Å². The molecule has 26 heavy (non-hydrogen) atoms. The zero-order valence-electron chi connectivity index (χ0n) is 14.2. The SMILES string of the molecule is CC1CNCCC1NC(=O)c1csc(-c2ccc3c(c2)OCO3)n1.Cl.Cl. The van der Waals surface area contributed by atoms with Crippen LogP contribution in [0.3, 0.4) is 0 Å². The second-order valence-electron chi connectivity index (χ2n) is 6.16. The molecule has 142 valence electrons. The van der Waals surface area contributed by atoms with E-state index in [1.54, 1.807) is 5.38 Å². The highest BCUT2D eigenvalue weighted by Gasteiger charge is 2.24. The van der Waals surface area contributed by atoms with Crippen molar-refractivity contribution in [1.29, 1.82) is 0 Å². The van der Waals surface area contributed by atoms with E-state index in [0.717, 1.165) is 41.6 Å². The Morgan fingerprint density at radius 3 is 2.92 bits per heavy atom. The van der Waals surface area contributed by atoms with Gasteiger partial charge in [0.25, 0.3) is 5.91 Å². The normalized spacial score (nSPS) is 20.7. The van der Waals surface area contributed by atoms with Crippen molar-refractivity contribution >= 4 is 42.1 Å². The van der Waals surface area contributed by atoms with Crippen LogP contribution in [-0.4, -0.2) is 36.8 Å². The van der Waals surface area contributed by atoms with E-state index in [1.807, 2.05) is 18.2 Å². The van der Waals surface area contributed by atoms with Gasteiger partial charge in [-0.15, -0.1) is 36.2 Å². The maximum atomic E-state index is 12.5. The van der Waals surface area contributed by atoms with Crippen LogP contribution in [-0.2, 0) is 0 Å². The molecule has 1 aromatic heterocycles. The Hall–Kier alpha value is -1.54. The Kier molecular flexibility index (Phi) is 7.11. The molecule has 2 unspecified atom stereocenters. The number of thiazole rings is 1. The zero-order chi connectivity index (χ0) is 16.5. The highest BCUT2D eigenvalue weighted by molar-refractivity contribution is 7.13. The summed E-state index contributed by atoms with van der Waals surface area (Å²) in [6.07, 6.45) is 0.950. The van der Waals surface area contributed by atoms with Gasteiger partial charge in [-0.25, -0.2) is 4.98 Å². The molecular weight excluding hydrogens is 397 g/mol. The summed E-state index contributed by atoms with van der Waals surface area (Å²) >= 11 is 1.46. The van der Waals surface area contributed by atoms with Crippen molar-refractivity contribution in [3.05, 3.63) is 29.3 Å². The number of amides is 1. The third-order valence-electron chi connectivity index (χ3n) is 4.46. The van der Waals surface area contributed by atoms with Gasteiger partial charge < -0.3 is 20.1 Å². The molecule has 2 atom stereocenters. The van der Waals surface area contributed by atoms with Gasteiger partial charge in [-0.05, 0) is 43.6 Å². The lowest BCUT2D eigenvalue weighted by molar-refractivity contribution is 0.0910. The molecule has 0 saturated carbocycles. The van der Waals surface area contributed by atoms with Gasteiger partial charge in [0.15, 0.2) is 11.5 Å². The molecule has 2 N–H and O–H groups in total. The number of aromatic nitrogens is 1. The van der Waals surface area contributed by atoms with Gasteiger partial charge >= 0.3 is 0 Å². The van der Waals surface area contributed by atoms with Crippen LogP contribution in [0.4, 0.5) is 0 Å². The van der Waals surface area contributed by atoms with Crippen molar-refractivity contribution in [3.63, 3.8) is 0 Å². The molecule has 0 bridgehead atoms. The fourth-order valence-corrected chi connectivity index (χ4v) is 3.81. The smallest absolute Gasteiger partial charge is 0.271 e. The number of carbonyl (C=O) groups excluding carboxylic acids is 1. The van der Waals surface area contributed by atoms with Crippen molar-refractivity contribution in [3.8, 4) is 22.1 Å². The summed E-state index contributed by atoms with van der Waals surface area (Å²) in [6.45, 7) is 4.27. The summed E-state index contributed by atoms with van der Waals surface area (Å²) < 4.78 is 10.7. The number of benzene rings is 1. The maximum absolute atomic E-state index is 12.5. The van der Waals surface area contributed by atoms with Crippen LogP contribution >= 0.6 is 36.2 Å². The molecule has 1 saturated heterocycles. The van der Waals surface area contributed by atoms with Gasteiger partial charge in [0.05, 0.1) is 0 Å². The molecule has 9 heteroatoms. The first-order valence-electron chi connectivity index (χ1n) is 8.08. The first-order chi connectivity index (χ1) is 11.7. The molecule has 2 aliphatic heterocycles. The summed E-state index contributed by atoms with van der Waals surface area (Å²) in [5.74, 6) is 1.79. The summed E-state index contributed by atoms with van der Waals surface area (Å²) in [7, 11) is 0. The predicted molar refractivity (Wildman–Crippen MR) is 106 cm³/mol. The van der Waals surface area contributed by atoms with Crippen molar-refractivity contribution in [2.45, 2.75) is 19.4 Å². The molecule has 0 aliphatic carbocycles. The lowest BCUT2D eigenvalue weighted by atomic mass is 9.95. The van der Waals surface area contributed by atoms with Gasteiger partial charge in [0.1, 0.15) is 10.7 Å². The summed E-state index contributed by atoms with van der Waals surface area (Å²) in [5.41, 5.74) is 1.40. The number of hydrogen-bond donors (Lipinski definition) is 2. The fraction of sp³-hybridized carbons (Fsp3) is 0.412. The number of fused-ring (bicyclic) bond motifs is 1. The van der Waals surface area contributed by atoms with Crippen molar-refractivity contribution < 1.29 is 14.3 Å². The van der Waals surface area contributed by atoms with Crippen molar-refractivity contribution in [1.82, 2.24) is 15.6 Å². The number of piperidine rings is 1. The van der Waals surface area contributed by atoms with E-state index in [4.69, 9.17) is 9.47 Å². The highest BCUT2D eigenvalue weighted by Crippen LogP contribution is 2.36. The first-order valence-corrected chi connectivity index (χ1v) is 8.96. The van der Waals surface area contributed by atoms with E-state index in [1.165, 1.54) is 11.3 Å². The van der Waals surface area contributed by atoms with E-state index in [0.29, 0.717) is 11.6 Å². The first kappa shape index (κ1) is 20.8. The Labute approximate surface area is 168 Å². The lowest BCUT2D eigenvalue weighted by Gasteiger charge is -2.29. The van der Waals surface area contributed by atoms with E-state index >= 15 is 0 Å². The number of halogens is 2. The van der Waals surface area contributed by atoms with Gasteiger partial charge in [-0.2, -0.15) is 0 Å². The molecular formula is C17H21Cl2N3O3S. The van der Waals surface area contributed by atoms with Crippen LogP contribution in [0.15, 0.2) is 23.6 Å². The van der Waals surface area contributed by atoms with Crippen LogP contribution in [0.25, 0.3) is 10.6 Å². The Balaban J connectivity index is 0.00000121. The largest absolute Gasteiger partial charge is 0.454 e. The molecule has 1 amide bonds. The van der Waals surface area contributed by atoms with Gasteiger partial charge in [0.2, 0.25) is 6.79 Å². The van der Waals surface area contributed by atoms with Gasteiger partial charge in [-0.3, -0.25) is 4.79 Å². The number of hydrogen-bond acceptors (Lipinski definition) is 6. The second kappa shape index (κ2) is 8.90. The van der Waals surface area contributed by atoms with Crippen LogP contribution in [0.1, 0.15) is 23.8 Å². The quantitative estimate of drug-likeness (QED) is 0.802. The zero-order valence-corrected chi connectivity index (χ0v) is 16.6. The predicted octanol–water partition coefficient (Wildman–Crippen LogP) is 3.11. The standard InChI is InChI=1S/C17H19N3O3S.2ClH/c1-10-7-18-5-4-12(10)19-16(21)13-8-24-17(20-13)11-2-3-14-15(6-11)23-9-22-14;;/h2-3,6,8,10,12,18H,4-5,7,9H2,1H3,(H,19,21);2*1H. The number of nitrogens with one attached hydrogen (secondary N) is 2. The molecule has 2 aromatic rings. The Bertz CT molecular complexity index is 771. The number of rotatable bonds is 3.